The Labute approximate surface area is 145 Å². The molecule has 1 aromatic carbocycles. The molecule has 0 amide bonds. The maximum atomic E-state index is 11.0. The van der Waals surface area contributed by atoms with E-state index in [4.69, 9.17) is 4.74 Å². The first-order valence-electron chi connectivity index (χ1n) is 8.19. The molecule has 0 fully saturated rings. The second-order valence-corrected chi connectivity index (χ2v) is 7.99. The predicted molar refractivity (Wildman–Crippen MR) is 99.2 cm³/mol. The maximum absolute atomic E-state index is 11.0. The number of guanidine groups is 1. The summed E-state index contributed by atoms with van der Waals surface area (Å²) in [4.78, 5) is 4.46. The molecule has 1 atom stereocenters. The van der Waals surface area contributed by atoms with Crippen LogP contribution < -0.4 is 10.6 Å². The molecule has 0 saturated heterocycles. The first-order chi connectivity index (χ1) is 11.3. The first kappa shape index (κ1) is 20.4. The first-order valence-corrected chi connectivity index (χ1v) is 10.3. The Balaban J connectivity index is 2.49. The third-order valence-electron chi connectivity index (χ3n) is 3.46. The second kappa shape index (κ2) is 10.3. The van der Waals surface area contributed by atoms with Crippen molar-refractivity contribution in [3.8, 4) is 0 Å². The zero-order chi connectivity index (χ0) is 18.0. The number of sulfone groups is 1. The van der Waals surface area contributed by atoms with Gasteiger partial charge in [0.05, 0.1) is 31.6 Å². The molecule has 0 heterocycles. The molecule has 0 aliphatic carbocycles. The second-order valence-electron chi connectivity index (χ2n) is 5.73. The van der Waals surface area contributed by atoms with Crippen LogP contribution in [0.15, 0.2) is 29.3 Å². The summed E-state index contributed by atoms with van der Waals surface area (Å²) in [6.07, 6.45) is 1.20. The average Bonchev–Trinajstić information content (AvgIpc) is 2.50. The van der Waals surface area contributed by atoms with Gasteiger partial charge in [-0.2, -0.15) is 0 Å². The van der Waals surface area contributed by atoms with Gasteiger partial charge in [-0.25, -0.2) is 8.42 Å². The highest BCUT2D eigenvalue weighted by Gasteiger charge is 2.09. The highest BCUT2D eigenvalue weighted by molar-refractivity contribution is 7.90. The average molecular weight is 356 g/mol. The molecule has 2 N–H and O–H groups in total. The molecule has 24 heavy (non-hydrogen) atoms. The van der Waals surface area contributed by atoms with Crippen molar-refractivity contribution in [2.24, 2.45) is 4.99 Å². The molecule has 0 aromatic heterocycles. The number of aryl methyl sites for hydroxylation is 1. The van der Waals surface area contributed by atoms with Crippen LogP contribution in [0.25, 0.3) is 0 Å². The Morgan fingerprint density at radius 1 is 1.29 bits per heavy atom. The van der Waals surface area contributed by atoms with Crippen molar-refractivity contribution >= 4 is 15.8 Å². The van der Waals surface area contributed by atoms with Crippen molar-refractivity contribution in [2.75, 3.05) is 38.3 Å². The smallest absolute Gasteiger partial charge is 0.191 e. The van der Waals surface area contributed by atoms with E-state index in [0.29, 0.717) is 13.2 Å². The number of hydrogen-bond donors (Lipinski definition) is 2. The molecule has 6 nitrogen and oxygen atoms in total. The molecule has 1 aromatic rings. The molecule has 0 aliphatic heterocycles. The minimum Gasteiger partial charge on any atom is -0.378 e. The fourth-order valence-electron chi connectivity index (χ4n) is 2.21. The lowest BCUT2D eigenvalue weighted by molar-refractivity contribution is 0.157. The highest BCUT2D eigenvalue weighted by Crippen LogP contribution is 2.16. The largest absolute Gasteiger partial charge is 0.378 e. The highest BCUT2D eigenvalue weighted by atomic mass is 32.2. The third kappa shape index (κ3) is 8.31. The number of aliphatic imine (C=N–C) groups is 1. The van der Waals surface area contributed by atoms with Gasteiger partial charge >= 0.3 is 0 Å². The van der Waals surface area contributed by atoms with Gasteiger partial charge in [0.15, 0.2) is 5.96 Å². The number of rotatable bonds is 9. The van der Waals surface area contributed by atoms with E-state index >= 15 is 0 Å². The van der Waals surface area contributed by atoms with E-state index in [1.165, 1.54) is 17.4 Å². The summed E-state index contributed by atoms with van der Waals surface area (Å²) in [5.41, 5.74) is 2.46. The van der Waals surface area contributed by atoms with Gasteiger partial charge in [-0.3, -0.25) is 4.99 Å². The van der Waals surface area contributed by atoms with E-state index in [-0.39, 0.29) is 18.4 Å². The number of hydrogen-bond acceptors (Lipinski definition) is 4. The molecule has 0 bridgehead atoms. The summed E-state index contributed by atoms with van der Waals surface area (Å²) >= 11 is 0. The quantitative estimate of drug-likeness (QED) is 0.400. The van der Waals surface area contributed by atoms with Crippen LogP contribution in [-0.4, -0.2) is 52.7 Å². The standard InChI is InChI=1S/C17H29N3O3S/c1-5-18-17(19-10-11-23-12-13-24(4,21)22)20-15(3)16-9-7-6-8-14(16)2/h6-9,15H,5,10-13H2,1-4H3,(H2,18,19,20). The monoisotopic (exact) mass is 355 g/mol. The Hall–Kier alpha value is -1.60. The zero-order valence-electron chi connectivity index (χ0n) is 15.0. The van der Waals surface area contributed by atoms with Crippen LogP contribution in [0.5, 0.6) is 0 Å². The van der Waals surface area contributed by atoms with E-state index < -0.39 is 9.84 Å². The predicted octanol–water partition coefficient (Wildman–Crippen LogP) is 1.67. The molecule has 1 rings (SSSR count). The summed E-state index contributed by atoms with van der Waals surface area (Å²) in [7, 11) is -2.97. The van der Waals surface area contributed by atoms with Gasteiger partial charge in [-0.05, 0) is 31.9 Å². The fourth-order valence-corrected chi connectivity index (χ4v) is 2.63. The SMILES string of the molecule is CCNC(=NCCOCCS(C)(=O)=O)NC(C)c1ccccc1C. The molecule has 136 valence electrons. The molecule has 0 spiro atoms. The number of nitrogens with one attached hydrogen (secondary N) is 2. The summed E-state index contributed by atoms with van der Waals surface area (Å²) in [6, 6.07) is 8.38. The van der Waals surface area contributed by atoms with E-state index in [1.54, 1.807) is 0 Å². The minimum atomic E-state index is -2.97. The van der Waals surface area contributed by atoms with E-state index in [1.807, 2.05) is 19.1 Å². The molecular formula is C17H29N3O3S. The minimum absolute atomic E-state index is 0.0410. The van der Waals surface area contributed by atoms with Gasteiger partial charge in [-0.15, -0.1) is 0 Å². The molecular weight excluding hydrogens is 326 g/mol. The van der Waals surface area contributed by atoms with Gasteiger partial charge in [0.2, 0.25) is 0 Å². The molecule has 0 aliphatic rings. The van der Waals surface area contributed by atoms with Crippen LogP contribution in [0.4, 0.5) is 0 Å². The van der Waals surface area contributed by atoms with Gasteiger partial charge < -0.3 is 15.4 Å². The van der Waals surface area contributed by atoms with E-state index in [9.17, 15) is 8.42 Å². The van der Waals surface area contributed by atoms with Crippen molar-refractivity contribution in [1.29, 1.82) is 0 Å². The Kier molecular flexibility index (Phi) is 8.78. The maximum Gasteiger partial charge on any atom is 0.191 e. The fraction of sp³-hybridized carbons (Fsp3) is 0.588. The van der Waals surface area contributed by atoms with Crippen molar-refractivity contribution in [2.45, 2.75) is 26.8 Å². The van der Waals surface area contributed by atoms with Crippen LogP contribution in [0.3, 0.4) is 0 Å². The van der Waals surface area contributed by atoms with Crippen LogP contribution in [0.2, 0.25) is 0 Å². The lowest BCUT2D eigenvalue weighted by Gasteiger charge is -2.19. The van der Waals surface area contributed by atoms with Gasteiger partial charge in [-0.1, -0.05) is 24.3 Å². The Morgan fingerprint density at radius 2 is 2.00 bits per heavy atom. The van der Waals surface area contributed by atoms with Gasteiger partial charge in [0.1, 0.15) is 9.84 Å². The topological polar surface area (TPSA) is 79.8 Å². The Bertz CT molecular complexity index is 630. The molecule has 0 saturated carbocycles. The number of benzene rings is 1. The van der Waals surface area contributed by atoms with Crippen molar-refractivity contribution in [1.82, 2.24) is 10.6 Å². The van der Waals surface area contributed by atoms with E-state index in [2.05, 4.69) is 41.6 Å². The van der Waals surface area contributed by atoms with Crippen LogP contribution >= 0.6 is 0 Å². The van der Waals surface area contributed by atoms with Crippen LogP contribution in [-0.2, 0) is 14.6 Å². The lowest BCUT2D eigenvalue weighted by atomic mass is 10.0. The zero-order valence-corrected chi connectivity index (χ0v) is 15.8. The van der Waals surface area contributed by atoms with Gasteiger partial charge in [0, 0.05) is 12.8 Å². The normalized spacial score (nSPS) is 13.6. The van der Waals surface area contributed by atoms with Crippen molar-refractivity contribution in [3.63, 3.8) is 0 Å². The summed E-state index contributed by atoms with van der Waals surface area (Å²) in [6.45, 7) is 8.03. The molecule has 7 heteroatoms. The number of ether oxygens (including phenoxy) is 1. The number of nitrogens with zero attached hydrogens (tertiary/aromatic N) is 1. The summed E-state index contributed by atoms with van der Waals surface area (Å²) in [5, 5.41) is 6.58. The summed E-state index contributed by atoms with van der Waals surface area (Å²) in [5.74, 6) is 0.763. The van der Waals surface area contributed by atoms with Gasteiger partial charge in [0.25, 0.3) is 0 Å². The van der Waals surface area contributed by atoms with Crippen molar-refractivity contribution in [3.05, 3.63) is 35.4 Å². The van der Waals surface area contributed by atoms with Crippen LogP contribution in [0, 0.1) is 6.92 Å². The van der Waals surface area contributed by atoms with Crippen LogP contribution in [0.1, 0.15) is 31.0 Å². The van der Waals surface area contributed by atoms with E-state index in [0.717, 1.165) is 12.5 Å². The lowest BCUT2D eigenvalue weighted by Crippen LogP contribution is -2.39. The third-order valence-corrected chi connectivity index (χ3v) is 4.36. The molecule has 1 unspecified atom stereocenters. The molecule has 0 radical (unpaired) electrons. The van der Waals surface area contributed by atoms with Crippen molar-refractivity contribution < 1.29 is 13.2 Å². The summed E-state index contributed by atoms with van der Waals surface area (Å²) < 4.78 is 27.3. The Morgan fingerprint density at radius 3 is 2.62 bits per heavy atom.